The quantitative estimate of drug-likeness (QED) is 0.763. The average Bonchev–Trinajstić information content (AvgIpc) is 2.59. The molecule has 2 unspecified atom stereocenters. The maximum absolute atomic E-state index is 10.4. The first kappa shape index (κ1) is 12.4. The van der Waals surface area contributed by atoms with E-state index in [1.54, 1.807) is 0 Å². The van der Waals surface area contributed by atoms with Crippen molar-refractivity contribution < 1.29 is 5.11 Å². The number of aliphatic hydroxyl groups excluding tert-OH is 1. The predicted molar refractivity (Wildman–Crippen MR) is 68.3 cm³/mol. The fraction of sp³-hybridized carbons (Fsp3) is 1.00. The second-order valence-corrected chi connectivity index (χ2v) is 6.79. The van der Waals surface area contributed by atoms with Gasteiger partial charge < -0.3 is 5.11 Å². The summed E-state index contributed by atoms with van der Waals surface area (Å²) in [5.74, 6) is 1.38. The molecule has 0 amide bonds. The maximum Gasteiger partial charge on any atom is 0.0576 e. The van der Waals surface area contributed by atoms with E-state index in [2.05, 4.69) is 13.8 Å². The van der Waals surface area contributed by atoms with Gasteiger partial charge in [-0.1, -0.05) is 52.4 Å². The molecule has 0 radical (unpaired) electrons. The third kappa shape index (κ3) is 2.80. The molecule has 94 valence electrons. The van der Waals surface area contributed by atoms with Gasteiger partial charge in [-0.25, -0.2) is 0 Å². The van der Waals surface area contributed by atoms with E-state index in [0.717, 1.165) is 12.3 Å². The first-order valence-electron chi connectivity index (χ1n) is 7.28. The number of aliphatic hydroxyl groups is 1. The molecule has 1 N–H and O–H groups in total. The first-order chi connectivity index (χ1) is 7.59. The molecule has 2 saturated carbocycles. The van der Waals surface area contributed by atoms with Crippen molar-refractivity contribution in [1.29, 1.82) is 0 Å². The summed E-state index contributed by atoms with van der Waals surface area (Å²) in [6.07, 6.45) is 11.9. The van der Waals surface area contributed by atoms with Gasteiger partial charge in [-0.05, 0) is 36.5 Å². The Kier molecular flexibility index (Phi) is 3.94. The molecule has 0 aliphatic heterocycles. The van der Waals surface area contributed by atoms with Gasteiger partial charge in [-0.3, -0.25) is 0 Å². The van der Waals surface area contributed by atoms with Crippen molar-refractivity contribution in [3.63, 3.8) is 0 Å². The minimum Gasteiger partial charge on any atom is -0.393 e. The summed E-state index contributed by atoms with van der Waals surface area (Å²) < 4.78 is 0. The summed E-state index contributed by atoms with van der Waals surface area (Å²) in [6, 6.07) is 0. The zero-order valence-corrected chi connectivity index (χ0v) is 11.0. The molecule has 2 fully saturated rings. The van der Waals surface area contributed by atoms with E-state index in [4.69, 9.17) is 0 Å². The molecule has 1 heteroatoms. The molecule has 2 aliphatic carbocycles. The molecule has 1 nitrogen and oxygen atoms in total. The third-order valence-electron chi connectivity index (χ3n) is 5.10. The van der Waals surface area contributed by atoms with E-state index in [1.807, 2.05) is 0 Å². The van der Waals surface area contributed by atoms with E-state index in [0.29, 0.717) is 11.3 Å². The maximum atomic E-state index is 10.4. The normalized spacial score (nSPS) is 32.8. The van der Waals surface area contributed by atoms with Crippen molar-refractivity contribution in [2.24, 2.45) is 17.3 Å². The monoisotopic (exact) mass is 224 g/mol. The van der Waals surface area contributed by atoms with Crippen LogP contribution in [0.5, 0.6) is 0 Å². The van der Waals surface area contributed by atoms with E-state index in [-0.39, 0.29) is 6.10 Å². The highest BCUT2D eigenvalue weighted by molar-refractivity contribution is 4.90. The molecule has 0 spiro atoms. The average molecular weight is 224 g/mol. The number of rotatable bonds is 3. The lowest BCUT2D eigenvalue weighted by Crippen LogP contribution is -2.31. The van der Waals surface area contributed by atoms with Gasteiger partial charge in [0.2, 0.25) is 0 Å². The zero-order valence-electron chi connectivity index (χ0n) is 11.0. The van der Waals surface area contributed by atoms with Gasteiger partial charge in [0.25, 0.3) is 0 Å². The predicted octanol–water partition coefficient (Wildman–Crippen LogP) is 4.14. The van der Waals surface area contributed by atoms with Gasteiger partial charge >= 0.3 is 0 Å². The van der Waals surface area contributed by atoms with Crippen molar-refractivity contribution in [1.82, 2.24) is 0 Å². The fourth-order valence-corrected chi connectivity index (χ4v) is 4.00. The molecule has 0 heterocycles. The van der Waals surface area contributed by atoms with Gasteiger partial charge in [0, 0.05) is 0 Å². The van der Waals surface area contributed by atoms with Crippen molar-refractivity contribution in [3.8, 4) is 0 Å². The van der Waals surface area contributed by atoms with Crippen molar-refractivity contribution >= 4 is 0 Å². The summed E-state index contributed by atoms with van der Waals surface area (Å²) in [4.78, 5) is 0. The van der Waals surface area contributed by atoms with Crippen LogP contribution in [0.3, 0.4) is 0 Å². The summed E-state index contributed by atoms with van der Waals surface area (Å²) in [7, 11) is 0. The van der Waals surface area contributed by atoms with Gasteiger partial charge in [0.05, 0.1) is 6.10 Å². The lowest BCUT2D eigenvalue weighted by atomic mass is 9.74. The van der Waals surface area contributed by atoms with Gasteiger partial charge in [-0.15, -0.1) is 0 Å². The molecular formula is C15H28O. The second kappa shape index (κ2) is 5.08. The molecule has 0 aromatic rings. The first-order valence-corrected chi connectivity index (χ1v) is 7.28. The van der Waals surface area contributed by atoms with Crippen molar-refractivity contribution in [3.05, 3.63) is 0 Å². The summed E-state index contributed by atoms with van der Waals surface area (Å²) in [5, 5.41) is 10.4. The van der Waals surface area contributed by atoms with Gasteiger partial charge in [-0.2, -0.15) is 0 Å². The topological polar surface area (TPSA) is 20.2 Å². The molecule has 2 aliphatic rings. The Morgan fingerprint density at radius 1 is 1.06 bits per heavy atom. The Hall–Kier alpha value is -0.0400. The van der Waals surface area contributed by atoms with Crippen LogP contribution < -0.4 is 0 Å². The highest BCUT2D eigenvalue weighted by atomic mass is 16.3. The van der Waals surface area contributed by atoms with Crippen LogP contribution in [0.2, 0.25) is 0 Å². The van der Waals surface area contributed by atoms with Crippen LogP contribution in [0.1, 0.15) is 71.6 Å². The molecule has 16 heavy (non-hydrogen) atoms. The van der Waals surface area contributed by atoms with Crippen molar-refractivity contribution in [2.45, 2.75) is 77.7 Å². The Morgan fingerprint density at radius 2 is 1.75 bits per heavy atom. The van der Waals surface area contributed by atoms with E-state index in [1.165, 1.54) is 51.4 Å². The fourth-order valence-electron chi connectivity index (χ4n) is 4.00. The Morgan fingerprint density at radius 3 is 2.31 bits per heavy atom. The van der Waals surface area contributed by atoms with Crippen LogP contribution >= 0.6 is 0 Å². The van der Waals surface area contributed by atoms with Crippen LogP contribution in [0.15, 0.2) is 0 Å². The number of hydrogen-bond acceptors (Lipinski definition) is 1. The molecule has 2 atom stereocenters. The minimum atomic E-state index is -0.0272. The van der Waals surface area contributed by atoms with Crippen LogP contribution in [0.25, 0.3) is 0 Å². The highest BCUT2D eigenvalue weighted by Gasteiger charge is 2.39. The largest absolute Gasteiger partial charge is 0.393 e. The van der Waals surface area contributed by atoms with Gasteiger partial charge in [0.15, 0.2) is 0 Å². The van der Waals surface area contributed by atoms with E-state index < -0.39 is 0 Å². The van der Waals surface area contributed by atoms with Crippen LogP contribution in [0, 0.1) is 17.3 Å². The summed E-state index contributed by atoms with van der Waals surface area (Å²) >= 11 is 0. The lowest BCUT2D eigenvalue weighted by Gasteiger charge is -2.34. The standard InChI is InChI=1S/C15H28O/c1-15(2)10-6-9-13(15)14(16)11-12-7-4-3-5-8-12/h12-14,16H,3-11H2,1-2H3. The van der Waals surface area contributed by atoms with Crippen LogP contribution in [0.4, 0.5) is 0 Å². The smallest absolute Gasteiger partial charge is 0.0576 e. The Labute approximate surface area is 101 Å². The molecule has 0 saturated heterocycles. The molecular weight excluding hydrogens is 196 g/mol. The highest BCUT2D eigenvalue weighted by Crippen LogP contribution is 2.46. The minimum absolute atomic E-state index is 0.0272. The van der Waals surface area contributed by atoms with E-state index >= 15 is 0 Å². The Balaban J connectivity index is 1.84. The number of hydrogen-bond donors (Lipinski definition) is 1. The molecule has 0 aromatic heterocycles. The van der Waals surface area contributed by atoms with Crippen molar-refractivity contribution in [2.75, 3.05) is 0 Å². The lowest BCUT2D eigenvalue weighted by molar-refractivity contribution is 0.0305. The van der Waals surface area contributed by atoms with Gasteiger partial charge in [0.1, 0.15) is 0 Å². The zero-order chi connectivity index (χ0) is 11.6. The molecule has 0 bridgehead atoms. The summed E-state index contributed by atoms with van der Waals surface area (Å²) in [5.41, 5.74) is 0.383. The third-order valence-corrected chi connectivity index (χ3v) is 5.10. The SMILES string of the molecule is CC1(C)CCCC1C(O)CC1CCCCC1. The Bertz CT molecular complexity index is 215. The molecule has 0 aromatic carbocycles. The van der Waals surface area contributed by atoms with Crippen LogP contribution in [-0.2, 0) is 0 Å². The van der Waals surface area contributed by atoms with Crippen LogP contribution in [-0.4, -0.2) is 11.2 Å². The molecule has 2 rings (SSSR count). The second-order valence-electron chi connectivity index (χ2n) is 6.79. The van der Waals surface area contributed by atoms with E-state index in [9.17, 15) is 5.11 Å². The summed E-state index contributed by atoms with van der Waals surface area (Å²) in [6.45, 7) is 4.68.